The number of thioether (sulfide) groups is 1. The summed E-state index contributed by atoms with van der Waals surface area (Å²) >= 11 is 1.45. The first-order valence-electron chi connectivity index (χ1n) is 10.4. The Kier molecular flexibility index (Phi) is 7.38. The Morgan fingerprint density at radius 2 is 1.67 bits per heavy atom. The van der Waals surface area contributed by atoms with Gasteiger partial charge in [0.15, 0.2) is 0 Å². The molecule has 9 nitrogen and oxygen atoms in total. The average Bonchev–Trinajstić information content (AvgIpc) is 3.21. The molecule has 0 spiro atoms. The van der Waals surface area contributed by atoms with E-state index in [2.05, 4.69) is 0 Å². The van der Waals surface area contributed by atoms with Gasteiger partial charge in [0.1, 0.15) is 0 Å². The fraction of sp³-hybridized carbons (Fsp3) is 0.304. The van der Waals surface area contributed by atoms with E-state index in [1.165, 1.54) is 16.3 Å². The third kappa shape index (κ3) is 5.78. The lowest BCUT2D eigenvalue weighted by molar-refractivity contribution is -0.386. The number of aromatic nitrogens is 2. The second-order valence-corrected chi connectivity index (χ2v) is 9.06. The highest BCUT2D eigenvalue weighted by molar-refractivity contribution is 8.00. The van der Waals surface area contributed by atoms with Crippen LogP contribution in [0, 0.1) is 10.1 Å². The molecule has 1 aliphatic heterocycles. The summed E-state index contributed by atoms with van der Waals surface area (Å²) in [6, 6.07) is 19.5. The molecule has 1 saturated heterocycles. The van der Waals surface area contributed by atoms with Crippen LogP contribution in [0.25, 0.3) is 0 Å². The summed E-state index contributed by atoms with van der Waals surface area (Å²) in [5.74, 6) is 0. The van der Waals surface area contributed by atoms with Gasteiger partial charge >= 0.3 is 16.9 Å². The molecular formula is C23H23N3O6S. The molecule has 1 fully saturated rings. The molecule has 3 atom stereocenters. The predicted molar refractivity (Wildman–Crippen MR) is 124 cm³/mol. The molecule has 2 aromatic carbocycles. The first-order chi connectivity index (χ1) is 16.0. The highest BCUT2D eigenvalue weighted by Crippen LogP contribution is 2.43. The lowest BCUT2D eigenvalue weighted by Crippen LogP contribution is -2.32. The highest BCUT2D eigenvalue weighted by atomic mass is 32.2. The minimum atomic E-state index is -1.01. The number of benzene rings is 2. The van der Waals surface area contributed by atoms with Gasteiger partial charge in [-0.2, -0.15) is 0 Å². The minimum absolute atomic E-state index is 0.0969. The monoisotopic (exact) mass is 469 g/mol. The predicted octanol–water partition coefficient (Wildman–Crippen LogP) is 3.25. The van der Waals surface area contributed by atoms with Crippen LogP contribution in [-0.4, -0.2) is 32.4 Å². The van der Waals surface area contributed by atoms with E-state index in [1.54, 1.807) is 0 Å². The van der Waals surface area contributed by atoms with Crippen molar-refractivity contribution in [2.45, 2.75) is 36.4 Å². The van der Waals surface area contributed by atoms with Crippen LogP contribution in [0.2, 0.25) is 0 Å². The zero-order chi connectivity index (χ0) is 23.2. The van der Waals surface area contributed by atoms with E-state index in [1.807, 2.05) is 65.6 Å². The van der Waals surface area contributed by atoms with Crippen LogP contribution >= 0.6 is 11.8 Å². The quantitative estimate of drug-likeness (QED) is 0.378. The van der Waals surface area contributed by atoms with Gasteiger partial charge in [-0.15, -0.1) is 11.8 Å². The van der Waals surface area contributed by atoms with Crippen LogP contribution in [0.1, 0.15) is 22.9 Å². The zero-order valence-corrected chi connectivity index (χ0v) is 18.5. The smallest absolute Gasteiger partial charge is 0.350 e. The van der Waals surface area contributed by atoms with Gasteiger partial charge in [0, 0.05) is 6.42 Å². The lowest BCUT2D eigenvalue weighted by Gasteiger charge is -2.19. The number of nitrogens with one attached hydrogen (secondary N) is 1. The maximum absolute atomic E-state index is 12.4. The lowest BCUT2D eigenvalue weighted by atomic mass is 10.1. The van der Waals surface area contributed by atoms with E-state index in [9.17, 15) is 19.7 Å². The topological polar surface area (TPSA) is 116 Å². The largest absolute Gasteiger partial charge is 0.376 e. The highest BCUT2D eigenvalue weighted by Gasteiger charge is 2.38. The van der Waals surface area contributed by atoms with Crippen LogP contribution < -0.4 is 11.2 Å². The molecule has 0 aliphatic carbocycles. The Labute approximate surface area is 193 Å². The van der Waals surface area contributed by atoms with E-state index >= 15 is 0 Å². The van der Waals surface area contributed by atoms with E-state index in [4.69, 9.17) is 9.47 Å². The Balaban J connectivity index is 1.50. The van der Waals surface area contributed by atoms with E-state index < -0.39 is 27.2 Å². The summed E-state index contributed by atoms with van der Waals surface area (Å²) in [4.78, 5) is 36.6. The molecule has 0 bridgehead atoms. The van der Waals surface area contributed by atoms with Crippen molar-refractivity contribution in [3.05, 3.63) is 109 Å². The third-order valence-electron chi connectivity index (χ3n) is 5.34. The van der Waals surface area contributed by atoms with Crippen molar-refractivity contribution in [1.82, 2.24) is 9.55 Å². The molecule has 0 unspecified atom stereocenters. The molecule has 0 saturated carbocycles. The van der Waals surface area contributed by atoms with Gasteiger partial charge in [-0.25, -0.2) is 4.79 Å². The van der Waals surface area contributed by atoms with Crippen LogP contribution in [0.4, 0.5) is 5.69 Å². The van der Waals surface area contributed by atoms with E-state index in [-0.39, 0.29) is 11.4 Å². The minimum Gasteiger partial charge on any atom is -0.376 e. The van der Waals surface area contributed by atoms with E-state index in [0.29, 0.717) is 26.2 Å². The molecule has 3 aromatic rings. The summed E-state index contributed by atoms with van der Waals surface area (Å²) in [6.07, 6.45) is 1.22. The van der Waals surface area contributed by atoms with Gasteiger partial charge in [-0.3, -0.25) is 24.5 Å². The SMILES string of the molecule is O=c1[nH]c(=O)n([C@H]2C[C@H](OCc3ccccc3)[C@H](COCc3ccccc3)S2)cc1[N+](=O)[O-]. The fourth-order valence-electron chi connectivity index (χ4n) is 3.66. The first-order valence-corrected chi connectivity index (χ1v) is 11.4. The van der Waals surface area contributed by atoms with Crippen molar-refractivity contribution in [3.63, 3.8) is 0 Å². The zero-order valence-electron chi connectivity index (χ0n) is 17.7. The van der Waals surface area contributed by atoms with Crippen LogP contribution in [0.15, 0.2) is 76.4 Å². The summed E-state index contributed by atoms with van der Waals surface area (Å²) in [7, 11) is 0. The molecular weight excluding hydrogens is 446 g/mol. The van der Waals surface area contributed by atoms with Crippen LogP contribution in [0.5, 0.6) is 0 Å². The van der Waals surface area contributed by atoms with Crippen LogP contribution in [0.3, 0.4) is 0 Å². The maximum Gasteiger partial charge on any atom is 0.350 e. The number of hydrogen-bond acceptors (Lipinski definition) is 7. The van der Waals surface area contributed by atoms with Crippen molar-refractivity contribution in [2.24, 2.45) is 0 Å². The Hall–Kier alpha value is -3.21. The maximum atomic E-state index is 12.4. The molecule has 172 valence electrons. The summed E-state index contributed by atoms with van der Waals surface area (Å²) in [6.45, 7) is 1.22. The van der Waals surface area contributed by atoms with Crippen molar-refractivity contribution in [2.75, 3.05) is 6.61 Å². The Bertz CT molecular complexity index is 1200. The number of hydrogen-bond donors (Lipinski definition) is 1. The van der Waals surface area contributed by atoms with E-state index in [0.717, 1.165) is 17.3 Å². The molecule has 0 amide bonds. The number of ether oxygens (including phenoxy) is 2. The number of rotatable bonds is 9. The molecule has 1 N–H and O–H groups in total. The number of nitrogens with zero attached hydrogens (tertiary/aromatic N) is 2. The average molecular weight is 470 g/mol. The number of nitro groups is 1. The summed E-state index contributed by atoms with van der Waals surface area (Å²) < 4.78 is 13.3. The van der Waals surface area contributed by atoms with Crippen molar-refractivity contribution < 1.29 is 14.4 Å². The van der Waals surface area contributed by atoms with Gasteiger partial charge in [0.25, 0.3) is 0 Å². The summed E-state index contributed by atoms with van der Waals surface area (Å²) in [5, 5.41) is 10.7. The normalized spacial score (nSPS) is 20.1. The molecule has 0 radical (unpaired) electrons. The van der Waals surface area contributed by atoms with Crippen molar-refractivity contribution in [1.29, 1.82) is 0 Å². The first kappa shape index (κ1) is 23.0. The molecule has 4 rings (SSSR count). The second kappa shape index (κ2) is 10.6. The van der Waals surface area contributed by atoms with Gasteiger partial charge in [0.05, 0.1) is 47.7 Å². The van der Waals surface area contributed by atoms with Crippen molar-refractivity contribution in [3.8, 4) is 0 Å². The molecule has 33 heavy (non-hydrogen) atoms. The molecule has 1 aromatic heterocycles. The summed E-state index contributed by atoms with van der Waals surface area (Å²) in [5.41, 5.74) is -0.293. The molecule has 2 heterocycles. The number of aromatic amines is 1. The third-order valence-corrected chi connectivity index (χ3v) is 6.86. The Morgan fingerprint density at radius 1 is 1.03 bits per heavy atom. The standard InChI is InChI=1S/C23H23N3O6S/c27-22-18(26(29)30)12-25(23(28)24-22)21-11-19(32-14-17-9-5-2-6-10-17)20(33-21)15-31-13-16-7-3-1-4-8-16/h1-10,12,19-21H,11,13-15H2,(H,24,27,28)/t19-,20-,21+/m0/s1. The van der Waals surface area contributed by atoms with Crippen LogP contribution in [-0.2, 0) is 22.7 Å². The Morgan fingerprint density at radius 3 is 2.30 bits per heavy atom. The molecule has 10 heteroatoms. The van der Waals surface area contributed by atoms with Gasteiger partial charge in [0.2, 0.25) is 0 Å². The van der Waals surface area contributed by atoms with Crippen molar-refractivity contribution >= 4 is 17.4 Å². The fourth-order valence-corrected chi connectivity index (χ4v) is 5.19. The van der Waals surface area contributed by atoms with Gasteiger partial charge in [-0.05, 0) is 11.1 Å². The van der Waals surface area contributed by atoms with Gasteiger partial charge < -0.3 is 9.47 Å². The molecule has 1 aliphatic rings. The second-order valence-electron chi connectivity index (χ2n) is 7.64. The van der Waals surface area contributed by atoms with Gasteiger partial charge in [-0.1, -0.05) is 60.7 Å². The number of H-pyrrole nitrogens is 1.